The number of ether oxygens (including phenoxy) is 2. The lowest BCUT2D eigenvalue weighted by atomic mass is 9.88. The van der Waals surface area contributed by atoms with E-state index in [1.165, 1.54) is 38.6 Å². The van der Waals surface area contributed by atoms with Gasteiger partial charge in [-0.1, -0.05) is 13.3 Å². The van der Waals surface area contributed by atoms with Crippen molar-refractivity contribution < 1.29 is 19.4 Å². The van der Waals surface area contributed by atoms with E-state index < -0.39 is 6.09 Å². The fourth-order valence-corrected chi connectivity index (χ4v) is 6.51. The number of methoxy groups -OCH3 is 2. The lowest BCUT2D eigenvalue weighted by Gasteiger charge is -2.41. The number of aliphatic hydroxyl groups is 1. The smallest absolute Gasteiger partial charge is 0.413 e. The van der Waals surface area contributed by atoms with E-state index >= 15 is 0 Å². The van der Waals surface area contributed by atoms with E-state index in [-0.39, 0.29) is 18.6 Å². The second-order valence-corrected chi connectivity index (χ2v) is 12.0. The number of carbonyl (C=O) groups is 1. The molecule has 0 bridgehead atoms. The van der Waals surface area contributed by atoms with Gasteiger partial charge in [0.25, 0.3) is 0 Å². The third-order valence-electron chi connectivity index (χ3n) is 9.02. The standard InChI is InChI=1S/C31H47N9O4/c1-5-6-23(11-16-41)34-29-28-25(35-30(36-29)37-31(42)44-4)19-33-40(28)20-26-27(43-3)17-22(18-32-26)21-7-14-39(15-8-21)24-9-12-38(2)13-10-24/h17-19,21,23-24,41H,5-16,20H2,1-4H3,(H2,34,35,36,37,42)/t23-/m0/s1. The Morgan fingerprint density at radius 1 is 1.09 bits per heavy atom. The number of nitrogens with one attached hydrogen (secondary N) is 2. The quantitative estimate of drug-likeness (QED) is 0.277. The van der Waals surface area contributed by atoms with Crippen LogP contribution in [-0.2, 0) is 11.3 Å². The van der Waals surface area contributed by atoms with Crippen LogP contribution in [0.3, 0.4) is 0 Å². The number of rotatable bonds is 12. The predicted molar refractivity (Wildman–Crippen MR) is 169 cm³/mol. The van der Waals surface area contributed by atoms with Crippen LogP contribution in [0.1, 0.15) is 69.0 Å². The van der Waals surface area contributed by atoms with Gasteiger partial charge in [0.15, 0.2) is 5.82 Å². The van der Waals surface area contributed by atoms with Crippen molar-refractivity contribution in [3.05, 3.63) is 29.7 Å². The average molecular weight is 610 g/mol. The fourth-order valence-electron chi connectivity index (χ4n) is 6.51. The molecule has 3 aromatic rings. The van der Waals surface area contributed by atoms with Crippen molar-refractivity contribution in [2.75, 3.05) is 64.7 Å². The van der Waals surface area contributed by atoms with E-state index in [1.54, 1.807) is 18.0 Å². The van der Waals surface area contributed by atoms with Crippen molar-refractivity contribution in [1.82, 2.24) is 34.5 Å². The van der Waals surface area contributed by atoms with E-state index in [0.717, 1.165) is 50.2 Å². The van der Waals surface area contributed by atoms with Gasteiger partial charge < -0.3 is 29.7 Å². The number of pyridine rings is 1. The Bertz CT molecular complexity index is 1380. The Hall–Kier alpha value is -3.55. The lowest BCUT2D eigenvalue weighted by molar-refractivity contribution is 0.0965. The molecule has 240 valence electrons. The molecule has 3 N–H and O–H groups in total. The highest BCUT2D eigenvalue weighted by atomic mass is 16.5. The highest BCUT2D eigenvalue weighted by molar-refractivity contribution is 5.89. The normalized spacial score (nSPS) is 17.9. The molecule has 0 aliphatic carbocycles. The molecule has 2 aliphatic rings. The zero-order valence-electron chi connectivity index (χ0n) is 26.5. The first-order valence-corrected chi connectivity index (χ1v) is 15.8. The van der Waals surface area contributed by atoms with E-state index in [2.05, 4.69) is 55.5 Å². The van der Waals surface area contributed by atoms with Gasteiger partial charge in [-0.2, -0.15) is 10.1 Å². The van der Waals surface area contributed by atoms with Crippen molar-refractivity contribution in [3.8, 4) is 5.75 Å². The molecule has 0 radical (unpaired) electrons. The summed E-state index contributed by atoms with van der Waals surface area (Å²) in [4.78, 5) is 31.0. The van der Waals surface area contributed by atoms with Crippen LogP contribution in [0.25, 0.3) is 11.0 Å². The Labute approximate surface area is 259 Å². The molecule has 5 rings (SSSR count). The number of amides is 1. The van der Waals surface area contributed by atoms with Crippen LogP contribution in [0.15, 0.2) is 18.5 Å². The maximum Gasteiger partial charge on any atom is 0.413 e. The number of hydrogen-bond donors (Lipinski definition) is 3. The monoisotopic (exact) mass is 609 g/mol. The van der Waals surface area contributed by atoms with Crippen LogP contribution in [0, 0.1) is 0 Å². The van der Waals surface area contributed by atoms with Crippen molar-refractivity contribution in [2.24, 2.45) is 0 Å². The summed E-state index contributed by atoms with van der Waals surface area (Å²) in [6.45, 7) is 7.12. The third kappa shape index (κ3) is 7.56. The van der Waals surface area contributed by atoms with Crippen LogP contribution >= 0.6 is 0 Å². The molecule has 2 fully saturated rings. The van der Waals surface area contributed by atoms with Gasteiger partial charge in [0.05, 0.1) is 27.0 Å². The van der Waals surface area contributed by atoms with Gasteiger partial charge in [0.2, 0.25) is 5.95 Å². The second kappa shape index (κ2) is 15.0. The number of aromatic nitrogens is 5. The third-order valence-corrected chi connectivity index (χ3v) is 9.02. The first-order valence-electron chi connectivity index (χ1n) is 15.8. The fraction of sp³-hybridized carbons (Fsp3) is 0.645. The summed E-state index contributed by atoms with van der Waals surface area (Å²) in [5.41, 5.74) is 3.21. The zero-order valence-corrected chi connectivity index (χ0v) is 26.5. The zero-order chi connectivity index (χ0) is 31.1. The second-order valence-electron chi connectivity index (χ2n) is 12.0. The molecule has 2 saturated heterocycles. The number of likely N-dealkylation sites (tertiary alicyclic amines) is 2. The first kappa shape index (κ1) is 31.9. The highest BCUT2D eigenvalue weighted by Crippen LogP contribution is 2.33. The Balaban J connectivity index is 1.35. The van der Waals surface area contributed by atoms with Gasteiger partial charge in [-0.05, 0) is 89.3 Å². The molecule has 1 amide bonds. The largest absolute Gasteiger partial charge is 0.495 e. The lowest BCUT2D eigenvalue weighted by Crippen LogP contribution is -2.46. The molecule has 0 saturated carbocycles. The minimum absolute atomic E-state index is 0.0183. The van der Waals surface area contributed by atoms with Gasteiger partial charge in [0.1, 0.15) is 22.5 Å². The molecule has 0 spiro atoms. The highest BCUT2D eigenvalue weighted by Gasteiger charge is 2.28. The van der Waals surface area contributed by atoms with Crippen molar-refractivity contribution in [3.63, 3.8) is 0 Å². The van der Waals surface area contributed by atoms with Crippen LogP contribution in [0.2, 0.25) is 0 Å². The Kier molecular flexibility index (Phi) is 10.8. The van der Waals surface area contributed by atoms with Crippen LogP contribution in [0.4, 0.5) is 16.6 Å². The summed E-state index contributed by atoms with van der Waals surface area (Å²) in [5, 5.41) is 20.3. The molecule has 5 heterocycles. The maximum absolute atomic E-state index is 11.9. The molecule has 2 aliphatic heterocycles. The molecule has 0 aromatic carbocycles. The van der Waals surface area contributed by atoms with Gasteiger partial charge in [-0.25, -0.2) is 9.78 Å². The summed E-state index contributed by atoms with van der Waals surface area (Å²) in [5.74, 6) is 1.81. The Morgan fingerprint density at radius 2 is 1.86 bits per heavy atom. The summed E-state index contributed by atoms with van der Waals surface area (Å²) in [6, 6.07) is 2.83. The van der Waals surface area contributed by atoms with Crippen molar-refractivity contribution in [2.45, 2.75) is 76.4 Å². The molecule has 1 atom stereocenters. The predicted octanol–water partition coefficient (Wildman–Crippen LogP) is 3.69. The van der Waals surface area contributed by atoms with E-state index in [0.29, 0.717) is 41.8 Å². The minimum Gasteiger partial charge on any atom is -0.495 e. The maximum atomic E-state index is 11.9. The average Bonchev–Trinajstić information content (AvgIpc) is 3.44. The molecule has 13 nitrogen and oxygen atoms in total. The number of nitrogens with zero attached hydrogens (tertiary/aromatic N) is 7. The summed E-state index contributed by atoms with van der Waals surface area (Å²) in [7, 11) is 5.18. The molecular formula is C31H47N9O4. The Morgan fingerprint density at radius 3 is 2.55 bits per heavy atom. The SMILES string of the molecule is CCC[C@@H](CCO)Nc1nc(NC(=O)OC)nc2cnn(Cc3ncc(C4CCN(C5CCN(C)CC5)CC4)cc3OC)c12. The number of anilines is 2. The molecule has 0 unspecified atom stereocenters. The number of hydrogen-bond acceptors (Lipinski definition) is 11. The van der Waals surface area contributed by atoms with E-state index in [9.17, 15) is 9.90 Å². The topological polar surface area (TPSA) is 143 Å². The summed E-state index contributed by atoms with van der Waals surface area (Å²) in [6.07, 6.45) is 10.1. The summed E-state index contributed by atoms with van der Waals surface area (Å²) < 4.78 is 12.4. The van der Waals surface area contributed by atoms with Crippen molar-refractivity contribution in [1.29, 1.82) is 0 Å². The van der Waals surface area contributed by atoms with Crippen LogP contribution < -0.4 is 15.4 Å². The van der Waals surface area contributed by atoms with Gasteiger partial charge >= 0.3 is 6.09 Å². The molecule has 44 heavy (non-hydrogen) atoms. The molecule has 13 heteroatoms. The number of piperidine rings is 2. The number of aliphatic hydroxyl groups excluding tert-OH is 1. The van der Waals surface area contributed by atoms with Crippen LogP contribution in [0.5, 0.6) is 5.75 Å². The van der Waals surface area contributed by atoms with E-state index in [4.69, 9.17) is 14.5 Å². The van der Waals surface area contributed by atoms with Gasteiger partial charge in [0, 0.05) is 24.9 Å². The van der Waals surface area contributed by atoms with Gasteiger partial charge in [-0.15, -0.1) is 0 Å². The van der Waals surface area contributed by atoms with Gasteiger partial charge in [-0.3, -0.25) is 15.0 Å². The van der Waals surface area contributed by atoms with E-state index in [1.807, 2.05) is 6.20 Å². The summed E-state index contributed by atoms with van der Waals surface area (Å²) >= 11 is 0. The first-order chi connectivity index (χ1) is 21.4. The van der Waals surface area contributed by atoms with Crippen molar-refractivity contribution >= 4 is 28.9 Å². The molecular weight excluding hydrogens is 562 g/mol. The number of carbonyl (C=O) groups excluding carboxylic acids is 1. The van der Waals surface area contributed by atoms with Crippen LogP contribution in [-0.4, -0.2) is 112 Å². The molecule has 3 aromatic heterocycles. The number of fused-ring (bicyclic) bond motifs is 1. The minimum atomic E-state index is -0.662.